The van der Waals surface area contributed by atoms with Gasteiger partial charge in [0, 0.05) is 11.1 Å². The van der Waals surface area contributed by atoms with Crippen LogP contribution in [0.25, 0.3) is 4.96 Å². The van der Waals surface area contributed by atoms with Gasteiger partial charge in [0.05, 0.1) is 29.8 Å². The van der Waals surface area contributed by atoms with Crippen LogP contribution in [0.1, 0.15) is 21.8 Å². The number of nitrogens with zero attached hydrogens (tertiary/aromatic N) is 3. The van der Waals surface area contributed by atoms with Gasteiger partial charge < -0.3 is 5.32 Å². The zero-order chi connectivity index (χ0) is 14.3. The van der Waals surface area contributed by atoms with Gasteiger partial charge in [0.1, 0.15) is 5.15 Å². The van der Waals surface area contributed by atoms with Crippen molar-refractivity contribution >= 4 is 33.6 Å². The summed E-state index contributed by atoms with van der Waals surface area (Å²) in [5, 5.41) is 3.93. The molecule has 1 N–H and O–H groups in total. The summed E-state index contributed by atoms with van der Waals surface area (Å²) in [5.74, 6) is 0. The van der Waals surface area contributed by atoms with E-state index in [0.29, 0.717) is 11.7 Å². The number of nitrogens with one attached hydrogen (secondary N) is 1. The molecule has 0 bridgehead atoms. The number of thiazole rings is 1. The molecular weight excluding hydrogens is 292 g/mol. The minimum atomic E-state index is 0.548. The minimum absolute atomic E-state index is 0.548. The summed E-state index contributed by atoms with van der Waals surface area (Å²) in [4.78, 5) is 11.0. The van der Waals surface area contributed by atoms with Gasteiger partial charge in [-0.2, -0.15) is 0 Å². The molecule has 0 spiro atoms. The summed E-state index contributed by atoms with van der Waals surface area (Å²) < 4.78 is 2.15. The lowest BCUT2D eigenvalue weighted by Gasteiger charge is -2.07. The fraction of sp³-hybridized carbons (Fsp3) is 0.286. The molecule has 6 heteroatoms. The van der Waals surface area contributed by atoms with E-state index in [9.17, 15) is 0 Å². The van der Waals surface area contributed by atoms with Crippen molar-refractivity contribution in [2.45, 2.75) is 27.3 Å². The first-order valence-corrected chi connectivity index (χ1v) is 7.54. The van der Waals surface area contributed by atoms with E-state index in [1.54, 1.807) is 17.5 Å². The monoisotopic (exact) mass is 306 g/mol. The van der Waals surface area contributed by atoms with Crippen LogP contribution in [0.15, 0.2) is 18.5 Å². The first-order valence-electron chi connectivity index (χ1n) is 6.34. The van der Waals surface area contributed by atoms with Gasteiger partial charge in [-0.1, -0.05) is 11.6 Å². The van der Waals surface area contributed by atoms with E-state index in [1.807, 2.05) is 19.9 Å². The van der Waals surface area contributed by atoms with E-state index in [0.717, 1.165) is 21.9 Å². The Morgan fingerprint density at radius 3 is 2.90 bits per heavy atom. The van der Waals surface area contributed by atoms with Gasteiger partial charge in [0.2, 0.25) is 0 Å². The van der Waals surface area contributed by atoms with Gasteiger partial charge in [-0.25, -0.2) is 9.97 Å². The van der Waals surface area contributed by atoms with Crippen molar-refractivity contribution in [1.29, 1.82) is 0 Å². The summed E-state index contributed by atoms with van der Waals surface area (Å²) >= 11 is 7.64. The Balaban J connectivity index is 1.85. The summed E-state index contributed by atoms with van der Waals surface area (Å²) in [7, 11) is 0. The highest BCUT2D eigenvalue weighted by Gasteiger charge is 2.11. The Morgan fingerprint density at radius 1 is 1.35 bits per heavy atom. The van der Waals surface area contributed by atoms with Crippen molar-refractivity contribution in [3.63, 3.8) is 0 Å². The molecule has 3 heterocycles. The van der Waals surface area contributed by atoms with E-state index in [4.69, 9.17) is 11.6 Å². The maximum absolute atomic E-state index is 5.93. The number of fused-ring (bicyclic) bond motifs is 1. The van der Waals surface area contributed by atoms with E-state index in [2.05, 4.69) is 32.8 Å². The number of halogens is 1. The van der Waals surface area contributed by atoms with Crippen LogP contribution in [0.3, 0.4) is 0 Å². The topological polar surface area (TPSA) is 42.2 Å². The fourth-order valence-corrected chi connectivity index (χ4v) is 3.16. The van der Waals surface area contributed by atoms with Gasteiger partial charge in [-0.3, -0.25) is 4.40 Å². The van der Waals surface area contributed by atoms with Crippen LogP contribution in [-0.2, 0) is 6.54 Å². The predicted octanol–water partition coefficient (Wildman–Crippen LogP) is 3.98. The summed E-state index contributed by atoms with van der Waals surface area (Å²) in [6.45, 7) is 6.80. The molecule has 0 radical (unpaired) electrons. The molecule has 0 aliphatic rings. The highest BCUT2D eigenvalue weighted by atomic mass is 35.5. The standard InChI is InChI=1S/C14H15ClN4S/c1-8-4-11(5-17-13(8)15)16-6-12-10(3)18-14-19(12)7-9(2)20-14/h4-5,7,16H,6H2,1-3H3. The lowest BCUT2D eigenvalue weighted by atomic mass is 10.3. The lowest BCUT2D eigenvalue weighted by molar-refractivity contribution is 0.988. The molecule has 3 aromatic rings. The minimum Gasteiger partial charge on any atom is -0.378 e. The van der Waals surface area contributed by atoms with Gasteiger partial charge in [0.25, 0.3) is 0 Å². The Morgan fingerprint density at radius 2 is 2.15 bits per heavy atom. The number of hydrogen-bond acceptors (Lipinski definition) is 4. The third kappa shape index (κ3) is 2.39. The SMILES string of the molecule is Cc1cn2c(CNc3cnc(Cl)c(C)c3)c(C)nc2s1. The van der Waals surface area contributed by atoms with Crippen molar-refractivity contribution in [3.8, 4) is 0 Å². The molecule has 0 atom stereocenters. The molecule has 20 heavy (non-hydrogen) atoms. The highest BCUT2D eigenvalue weighted by molar-refractivity contribution is 7.17. The molecule has 0 fully saturated rings. The number of imidazole rings is 1. The first kappa shape index (κ1) is 13.4. The van der Waals surface area contributed by atoms with E-state index < -0.39 is 0 Å². The zero-order valence-electron chi connectivity index (χ0n) is 11.6. The number of hydrogen-bond donors (Lipinski definition) is 1. The van der Waals surface area contributed by atoms with Crippen LogP contribution < -0.4 is 5.32 Å². The van der Waals surface area contributed by atoms with Crippen molar-refractivity contribution in [2.24, 2.45) is 0 Å². The molecule has 0 saturated heterocycles. The van der Waals surface area contributed by atoms with Crippen molar-refractivity contribution in [3.05, 3.63) is 45.4 Å². The van der Waals surface area contributed by atoms with E-state index >= 15 is 0 Å². The van der Waals surface area contributed by atoms with Crippen LogP contribution in [0.5, 0.6) is 0 Å². The first-order chi connectivity index (χ1) is 9.54. The fourth-order valence-electron chi connectivity index (χ4n) is 2.16. The average Bonchev–Trinajstić information content (AvgIpc) is 2.87. The quantitative estimate of drug-likeness (QED) is 0.744. The molecule has 104 valence electrons. The predicted molar refractivity (Wildman–Crippen MR) is 83.9 cm³/mol. The second-order valence-electron chi connectivity index (χ2n) is 4.82. The van der Waals surface area contributed by atoms with Crippen molar-refractivity contribution in [2.75, 3.05) is 5.32 Å². The Labute approximate surface area is 126 Å². The third-order valence-corrected chi connectivity index (χ3v) is 4.51. The molecule has 4 nitrogen and oxygen atoms in total. The number of pyridine rings is 1. The number of anilines is 1. The summed E-state index contributed by atoms with van der Waals surface area (Å²) in [5.41, 5.74) is 4.17. The van der Waals surface area contributed by atoms with Crippen LogP contribution in [0, 0.1) is 20.8 Å². The molecule has 0 aromatic carbocycles. The van der Waals surface area contributed by atoms with Crippen LogP contribution >= 0.6 is 22.9 Å². The van der Waals surface area contributed by atoms with Crippen LogP contribution in [-0.4, -0.2) is 14.4 Å². The van der Waals surface area contributed by atoms with E-state index in [-0.39, 0.29) is 0 Å². The second-order valence-corrected chi connectivity index (χ2v) is 6.39. The lowest BCUT2D eigenvalue weighted by Crippen LogP contribution is -2.04. The summed E-state index contributed by atoms with van der Waals surface area (Å²) in [6.07, 6.45) is 3.88. The molecule has 0 unspecified atom stereocenters. The van der Waals surface area contributed by atoms with Crippen LogP contribution in [0.4, 0.5) is 5.69 Å². The maximum atomic E-state index is 5.93. The van der Waals surface area contributed by atoms with Gasteiger partial charge in [0.15, 0.2) is 4.96 Å². The molecule has 0 aliphatic heterocycles. The Bertz CT molecular complexity index is 775. The Kier molecular flexibility index (Phi) is 3.40. The third-order valence-electron chi connectivity index (χ3n) is 3.22. The number of aryl methyl sites for hydroxylation is 3. The van der Waals surface area contributed by atoms with Crippen molar-refractivity contribution < 1.29 is 0 Å². The largest absolute Gasteiger partial charge is 0.378 e. The highest BCUT2D eigenvalue weighted by Crippen LogP contribution is 2.22. The maximum Gasteiger partial charge on any atom is 0.194 e. The molecular formula is C14H15ClN4S. The van der Waals surface area contributed by atoms with Crippen molar-refractivity contribution in [1.82, 2.24) is 14.4 Å². The second kappa shape index (κ2) is 5.07. The number of rotatable bonds is 3. The molecule has 0 amide bonds. The van der Waals surface area contributed by atoms with Gasteiger partial charge in [-0.15, -0.1) is 11.3 Å². The zero-order valence-corrected chi connectivity index (χ0v) is 13.1. The smallest absolute Gasteiger partial charge is 0.194 e. The molecule has 3 aromatic heterocycles. The molecule has 3 rings (SSSR count). The molecule has 0 saturated carbocycles. The van der Waals surface area contributed by atoms with Gasteiger partial charge in [-0.05, 0) is 32.4 Å². The normalized spacial score (nSPS) is 11.2. The summed E-state index contributed by atoms with van der Waals surface area (Å²) in [6, 6.07) is 2.00. The van der Waals surface area contributed by atoms with Gasteiger partial charge >= 0.3 is 0 Å². The van der Waals surface area contributed by atoms with Crippen LogP contribution in [0.2, 0.25) is 5.15 Å². The Hall–Kier alpha value is -1.59. The molecule has 0 aliphatic carbocycles. The number of aromatic nitrogens is 3. The van der Waals surface area contributed by atoms with E-state index in [1.165, 1.54) is 10.6 Å². The average molecular weight is 307 g/mol.